The van der Waals surface area contributed by atoms with Crippen LogP contribution in [0.3, 0.4) is 0 Å². The number of carbonyl (C=O) groups excluding carboxylic acids is 1. The van der Waals surface area contributed by atoms with E-state index in [0.717, 1.165) is 16.5 Å². The van der Waals surface area contributed by atoms with Crippen LogP contribution >= 0.6 is 22.6 Å². The number of hydrogen-bond acceptors (Lipinski definition) is 3. The van der Waals surface area contributed by atoms with Crippen LogP contribution < -0.4 is 0 Å². The zero-order chi connectivity index (χ0) is 17.0. The van der Waals surface area contributed by atoms with E-state index in [1.807, 2.05) is 64.3 Å². The highest BCUT2D eigenvalue weighted by molar-refractivity contribution is 14.1. The molecule has 0 unspecified atom stereocenters. The van der Waals surface area contributed by atoms with Crippen LogP contribution in [0.15, 0.2) is 45.1 Å². The van der Waals surface area contributed by atoms with Crippen molar-refractivity contribution in [2.75, 3.05) is 6.54 Å². The van der Waals surface area contributed by atoms with E-state index in [0.29, 0.717) is 6.54 Å². The Labute approximate surface area is 150 Å². The van der Waals surface area contributed by atoms with Crippen molar-refractivity contribution in [2.45, 2.75) is 33.3 Å². The van der Waals surface area contributed by atoms with Crippen LogP contribution in [0.4, 0.5) is 4.79 Å². The molecule has 1 heterocycles. The average Bonchev–Trinajstić information content (AvgIpc) is 2.85. The van der Waals surface area contributed by atoms with E-state index in [-0.39, 0.29) is 6.09 Å². The molecule has 2 aromatic rings. The van der Waals surface area contributed by atoms with E-state index in [1.54, 1.807) is 10.8 Å². The number of carbonyl (C=O) groups is 1. The number of aliphatic imine (C=N–C) groups is 1. The molecule has 1 aromatic heterocycles. The van der Waals surface area contributed by atoms with Crippen LogP contribution in [0.25, 0.3) is 10.9 Å². The lowest BCUT2D eigenvalue weighted by atomic mass is 10.2. The summed E-state index contributed by atoms with van der Waals surface area (Å²) in [6.45, 7) is 8.21. The Balaban J connectivity index is 2.38. The summed E-state index contributed by atoms with van der Waals surface area (Å²) in [5, 5.41) is 0.984. The molecule has 0 saturated heterocycles. The summed E-state index contributed by atoms with van der Waals surface area (Å²) in [5.41, 5.74) is 1.20. The van der Waals surface area contributed by atoms with Crippen LogP contribution in [0.2, 0.25) is 0 Å². The fourth-order valence-electron chi connectivity index (χ4n) is 2.09. The Kier molecular flexibility index (Phi) is 5.62. The third-order valence-corrected chi connectivity index (χ3v) is 4.08. The quantitative estimate of drug-likeness (QED) is 0.503. The third kappa shape index (κ3) is 4.67. The average molecular weight is 424 g/mol. The molecule has 0 N–H and O–H groups in total. The van der Waals surface area contributed by atoms with Gasteiger partial charge in [0.2, 0.25) is 0 Å². The van der Waals surface area contributed by atoms with Crippen molar-refractivity contribution in [2.24, 2.45) is 4.99 Å². The first-order valence-corrected chi connectivity index (χ1v) is 8.53. The Morgan fingerprint density at radius 2 is 2.04 bits per heavy atom. The van der Waals surface area contributed by atoms with Gasteiger partial charge in [-0.25, -0.2) is 4.79 Å². The van der Waals surface area contributed by atoms with E-state index in [1.165, 1.54) is 3.58 Å². The number of aromatic nitrogens is 1. The van der Waals surface area contributed by atoms with Crippen LogP contribution in [0.5, 0.6) is 0 Å². The van der Waals surface area contributed by atoms with Gasteiger partial charge in [-0.3, -0.25) is 9.56 Å². The summed E-state index contributed by atoms with van der Waals surface area (Å²) < 4.78 is 8.19. The molecular weight excluding hydrogens is 403 g/mol. The number of halogens is 1. The van der Waals surface area contributed by atoms with Crippen LogP contribution in [0.1, 0.15) is 33.3 Å². The molecule has 0 fully saturated rings. The van der Waals surface area contributed by atoms with Crippen molar-refractivity contribution < 1.29 is 9.53 Å². The summed E-state index contributed by atoms with van der Waals surface area (Å²) >= 11 is 2.26. The van der Waals surface area contributed by atoms with Gasteiger partial charge in [-0.15, -0.1) is 0 Å². The normalized spacial score (nSPS) is 13.0. The lowest BCUT2D eigenvalue weighted by Gasteiger charge is -2.19. The molecule has 0 aliphatic heterocycles. The highest BCUT2D eigenvalue weighted by Gasteiger charge is 2.20. The predicted octanol–water partition coefficient (Wildman–Crippen LogP) is 5.18. The third-order valence-electron chi connectivity index (χ3n) is 3.12. The number of benzene rings is 1. The molecule has 2 rings (SSSR count). The van der Waals surface area contributed by atoms with Gasteiger partial charge in [-0.1, -0.05) is 24.3 Å². The largest absolute Gasteiger partial charge is 0.443 e. The second kappa shape index (κ2) is 7.29. The van der Waals surface area contributed by atoms with Crippen LogP contribution in [0, 0.1) is 0 Å². The molecule has 4 nitrogen and oxygen atoms in total. The van der Waals surface area contributed by atoms with Crippen molar-refractivity contribution in [3.63, 3.8) is 0 Å². The number of allylic oxidation sites excluding steroid dienone is 1. The molecule has 5 heteroatoms. The van der Waals surface area contributed by atoms with Crippen molar-refractivity contribution in [1.82, 2.24) is 4.57 Å². The highest BCUT2D eigenvalue weighted by atomic mass is 127. The van der Waals surface area contributed by atoms with Gasteiger partial charge in [-0.2, -0.15) is 0 Å². The number of ether oxygens (including phenoxy) is 1. The van der Waals surface area contributed by atoms with Gasteiger partial charge in [-0.05, 0) is 56.4 Å². The Morgan fingerprint density at radius 3 is 2.70 bits per heavy atom. The maximum absolute atomic E-state index is 12.4. The number of para-hydroxylation sites is 1. The number of hydrogen-bond donors (Lipinski definition) is 0. The predicted molar refractivity (Wildman–Crippen MR) is 104 cm³/mol. The maximum Gasteiger partial charge on any atom is 0.419 e. The first-order valence-electron chi connectivity index (χ1n) is 7.46. The molecule has 122 valence electrons. The van der Waals surface area contributed by atoms with E-state index >= 15 is 0 Å². The lowest BCUT2D eigenvalue weighted by molar-refractivity contribution is 0.0544. The summed E-state index contributed by atoms with van der Waals surface area (Å²) in [4.78, 5) is 16.8. The van der Waals surface area contributed by atoms with E-state index in [9.17, 15) is 4.79 Å². The molecule has 0 saturated carbocycles. The zero-order valence-corrected chi connectivity index (χ0v) is 16.0. The van der Waals surface area contributed by atoms with Gasteiger partial charge in [0.25, 0.3) is 0 Å². The van der Waals surface area contributed by atoms with Gasteiger partial charge in [0.15, 0.2) is 0 Å². The van der Waals surface area contributed by atoms with Crippen molar-refractivity contribution in [1.29, 1.82) is 0 Å². The molecule has 0 atom stereocenters. The molecule has 0 radical (unpaired) electrons. The first-order chi connectivity index (χ1) is 10.8. The second-order valence-corrected chi connectivity index (χ2v) is 7.54. The van der Waals surface area contributed by atoms with Crippen LogP contribution in [-0.2, 0) is 4.74 Å². The van der Waals surface area contributed by atoms with E-state index in [4.69, 9.17) is 4.74 Å². The van der Waals surface area contributed by atoms with Crippen molar-refractivity contribution in [3.8, 4) is 0 Å². The van der Waals surface area contributed by atoms with E-state index < -0.39 is 5.60 Å². The minimum Gasteiger partial charge on any atom is -0.443 e. The lowest BCUT2D eigenvalue weighted by Crippen LogP contribution is -2.26. The van der Waals surface area contributed by atoms with Gasteiger partial charge in [0.05, 0.1) is 12.1 Å². The van der Waals surface area contributed by atoms with Crippen molar-refractivity contribution in [3.05, 3.63) is 45.7 Å². The van der Waals surface area contributed by atoms with Gasteiger partial charge in [0, 0.05) is 26.9 Å². The second-order valence-electron chi connectivity index (χ2n) is 6.16. The molecule has 1 aromatic carbocycles. The number of nitrogens with zero attached hydrogens (tertiary/aromatic N) is 2. The molecule has 0 aliphatic rings. The van der Waals surface area contributed by atoms with E-state index in [2.05, 4.69) is 27.6 Å². The maximum atomic E-state index is 12.4. The summed E-state index contributed by atoms with van der Waals surface area (Å²) in [7, 11) is 0. The molecule has 0 spiro atoms. The van der Waals surface area contributed by atoms with Gasteiger partial charge >= 0.3 is 6.09 Å². The zero-order valence-electron chi connectivity index (χ0n) is 13.8. The minimum atomic E-state index is -0.529. The minimum absolute atomic E-state index is 0.378. The number of fused-ring (bicyclic) bond motifs is 1. The topological polar surface area (TPSA) is 43.6 Å². The number of rotatable bonds is 3. The fourth-order valence-corrected chi connectivity index (χ4v) is 2.29. The Hall–Kier alpha value is -1.63. The van der Waals surface area contributed by atoms with Crippen LogP contribution in [-0.4, -0.2) is 29.0 Å². The monoisotopic (exact) mass is 424 g/mol. The smallest absolute Gasteiger partial charge is 0.419 e. The molecule has 23 heavy (non-hydrogen) atoms. The Bertz CT molecular complexity index is 767. The Morgan fingerprint density at radius 1 is 1.35 bits per heavy atom. The molecule has 0 bridgehead atoms. The highest BCUT2D eigenvalue weighted by Crippen LogP contribution is 2.22. The SMILES string of the molecule is C/C=C(\I)CN=Cc1cn(C(=O)OC(C)(C)C)c2ccccc12. The molecule has 0 aliphatic carbocycles. The summed E-state index contributed by atoms with van der Waals surface area (Å²) in [6.07, 6.45) is 5.24. The standard InChI is InChI=1S/C18H21IN2O2/c1-5-14(19)11-20-10-13-12-21(17(22)23-18(2,3)4)16-9-7-6-8-15(13)16/h5-10,12H,11H2,1-4H3/b14-5-,20-10?. The summed E-state index contributed by atoms with van der Waals surface area (Å²) in [5.74, 6) is 0. The molecule has 0 amide bonds. The van der Waals surface area contributed by atoms with Gasteiger partial charge < -0.3 is 4.74 Å². The first kappa shape index (κ1) is 17.7. The molecular formula is C18H21IN2O2. The fraction of sp³-hybridized carbons (Fsp3) is 0.333. The summed E-state index contributed by atoms with van der Waals surface area (Å²) in [6, 6.07) is 7.76. The van der Waals surface area contributed by atoms with Gasteiger partial charge in [0.1, 0.15) is 5.60 Å². The van der Waals surface area contributed by atoms with Crippen molar-refractivity contribution >= 4 is 45.8 Å².